The number of hydrazone groups is 1. The molecule has 0 saturated heterocycles. The van der Waals surface area contributed by atoms with E-state index in [1.807, 2.05) is 30.4 Å². The molecule has 0 radical (unpaired) electrons. The normalized spacial score (nSPS) is 18.2. The minimum absolute atomic E-state index is 0.124. The lowest BCUT2D eigenvalue weighted by Gasteiger charge is -2.20. The summed E-state index contributed by atoms with van der Waals surface area (Å²) >= 11 is 0. The zero-order valence-corrected chi connectivity index (χ0v) is 16.9. The number of hydrogen-bond donors (Lipinski definition) is 3. The van der Waals surface area contributed by atoms with E-state index in [1.54, 1.807) is 12.3 Å². The Morgan fingerprint density at radius 3 is 2.67 bits per heavy atom. The van der Waals surface area contributed by atoms with Crippen LogP contribution in [0.3, 0.4) is 0 Å². The second-order valence-corrected chi connectivity index (χ2v) is 7.38. The van der Waals surface area contributed by atoms with Crippen molar-refractivity contribution < 1.29 is 9.90 Å². The van der Waals surface area contributed by atoms with E-state index in [1.165, 1.54) is 11.8 Å². The van der Waals surface area contributed by atoms with Crippen LogP contribution >= 0.6 is 0 Å². The average Bonchev–Trinajstić information content (AvgIpc) is 3.10. The highest BCUT2D eigenvalue weighted by Crippen LogP contribution is 2.32. The van der Waals surface area contributed by atoms with Crippen LogP contribution in [0.25, 0.3) is 22.0 Å². The molecule has 3 heterocycles. The van der Waals surface area contributed by atoms with Crippen LogP contribution in [-0.4, -0.2) is 58.4 Å². The molecule has 4 rings (SSSR count). The van der Waals surface area contributed by atoms with Crippen molar-refractivity contribution in [1.29, 1.82) is 0 Å². The largest absolute Gasteiger partial charge is 0.395 e. The number of pyridine rings is 2. The van der Waals surface area contributed by atoms with Gasteiger partial charge >= 0.3 is 0 Å². The van der Waals surface area contributed by atoms with Crippen molar-refractivity contribution >= 4 is 28.8 Å². The number of aliphatic hydroxyl groups excluding tert-OH is 1. The SMILES string of the molecule is CC1C(c2ccc(-c3cnc(N)c4ncc(C(=O)NCCO)cc34)cc2)C=NN1C. The number of amides is 1. The third kappa shape index (κ3) is 3.57. The lowest BCUT2D eigenvalue weighted by molar-refractivity contribution is 0.0944. The van der Waals surface area contributed by atoms with Gasteiger partial charge < -0.3 is 16.2 Å². The van der Waals surface area contributed by atoms with Gasteiger partial charge in [0.1, 0.15) is 11.3 Å². The third-order valence-electron chi connectivity index (χ3n) is 5.54. The monoisotopic (exact) mass is 404 g/mol. The Morgan fingerprint density at radius 2 is 2.00 bits per heavy atom. The minimum atomic E-state index is -0.297. The maximum absolute atomic E-state index is 12.3. The number of fused-ring (bicyclic) bond motifs is 1. The molecule has 8 nitrogen and oxygen atoms in total. The molecule has 0 aliphatic carbocycles. The Hall–Kier alpha value is -3.52. The second kappa shape index (κ2) is 8.08. The Bertz CT molecular complexity index is 1110. The summed E-state index contributed by atoms with van der Waals surface area (Å²) in [5.74, 6) is 0.259. The molecular formula is C22H24N6O2. The van der Waals surface area contributed by atoms with E-state index >= 15 is 0 Å². The first-order valence-corrected chi connectivity index (χ1v) is 9.80. The number of carbonyl (C=O) groups is 1. The highest BCUT2D eigenvalue weighted by atomic mass is 16.3. The van der Waals surface area contributed by atoms with E-state index in [-0.39, 0.29) is 25.0 Å². The Morgan fingerprint density at radius 1 is 1.23 bits per heavy atom. The number of hydrogen-bond acceptors (Lipinski definition) is 7. The number of rotatable bonds is 5. The summed E-state index contributed by atoms with van der Waals surface area (Å²) in [6, 6.07) is 10.3. The highest BCUT2D eigenvalue weighted by molar-refractivity contribution is 6.03. The number of likely N-dealkylation sites (N-methyl/N-ethyl adjacent to an activating group) is 1. The van der Waals surface area contributed by atoms with Crippen LogP contribution < -0.4 is 11.1 Å². The van der Waals surface area contributed by atoms with Crippen LogP contribution in [-0.2, 0) is 0 Å². The molecule has 0 fully saturated rings. The van der Waals surface area contributed by atoms with Gasteiger partial charge in [-0.3, -0.25) is 14.8 Å². The highest BCUT2D eigenvalue weighted by Gasteiger charge is 2.25. The first-order valence-electron chi connectivity index (χ1n) is 9.80. The molecule has 1 aliphatic rings. The van der Waals surface area contributed by atoms with Gasteiger partial charge in [-0.25, -0.2) is 4.98 Å². The van der Waals surface area contributed by atoms with Gasteiger partial charge in [-0.15, -0.1) is 0 Å². The number of benzene rings is 1. The van der Waals surface area contributed by atoms with Crippen molar-refractivity contribution in [3.05, 3.63) is 53.9 Å². The molecule has 0 spiro atoms. The van der Waals surface area contributed by atoms with Crippen molar-refractivity contribution in [3.8, 4) is 11.1 Å². The van der Waals surface area contributed by atoms with Gasteiger partial charge in [-0.05, 0) is 24.1 Å². The van der Waals surface area contributed by atoms with Crippen LogP contribution in [0.4, 0.5) is 5.82 Å². The summed E-state index contributed by atoms with van der Waals surface area (Å²) in [5, 5.41) is 18.7. The Labute approximate surface area is 174 Å². The number of nitrogens with zero attached hydrogens (tertiary/aromatic N) is 4. The molecule has 1 amide bonds. The smallest absolute Gasteiger partial charge is 0.252 e. The van der Waals surface area contributed by atoms with Crippen LogP contribution in [0.5, 0.6) is 0 Å². The fourth-order valence-electron chi connectivity index (χ4n) is 3.65. The second-order valence-electron chi connectivity index (χ2n) is 7.38. The van der Waals surface area contributed by atoms with Gasteiger partial charge in [0, 0.05) is 49.1 Å². The van der Waals surface area contributed by atoms with E-state index in [2.05, 4.69) is 39.4 Å². The fourth-order valence-corrected chi connectivity index (χ4v) is 3.65. The molecular weight excluding hydrogens is 380 g/mol. The van der Waals surface area contributed by atoms with Crippen LogP contribution in [0.15, 0.2) is 47.8 Å². The van der Waals surface area contributed by atoms with E-state index in [4.69, 9.17) is 10.8 Å². The minimum Gasteiger partial charge on any atom is -0.395 e. The predicted molar refractivity (Wildman–Crippen MR) is 117 cm³/mol. The quantitative estimate of drug-likeness (QED) is 0.599. The van der Waals surface area contributed by atoms with Crippen molar-refractivity contribution in [2.75, 3.05) is 25.9 Å². The molecule has 3 aromatic rings. The summed E-state index contributed by atoms with van der Waals surface area (Å²) < 4.78 is 0. The standard InChI is InChI=1S/C22H24N6O2/c1-13-18(12-27-28(13)2)14-3-5-15(6-4-14)19-11-26-21(23)20-17(19)9-16(10-25-20)22(30)24-7-8-29/h3-6,9-13,18,29H,7-8H2,1-2H3,(H2,23,26)(H,24,30). The predicted octanol–water partition coefficient (Wildman–Crippen LogP) is 2.00. The van der Waals surface area contributed by atoms with Gasteiger partial charge in [0.25, 0.3) is 5.91 Å². The summed E-state index contributed by atoms with van der Waals surface area (Å²) in [6.07, 6.45) is 5.15. The maximum atomic E-state index is 12.3. The van der Waals surface area contributed by atoms with E-state index in [0.717, 1.165) is 16.5 Å². The number of nitrogens with two attached hydrogens (primary N) is 1. The van der Waals surface area contributed by atoms with Gasteiger partial charge in [-0.2, -0.15) is 5.10 Å². The summed E-state index contributed by atoms with van der Waals surface area (Å²) in [5.41, 5.74) is 9.97. The van der Waals surface area contributed by atoms with Crippen LogP contribution in [0.1, 0.15) is 28.8 Å². The number of aromatic nitrogens is 2. The molecule has 0 bridgehead atoms. The Kier molecular flexibility index (Phi) is 5.33. The fraction of sp³-hybridized carbons (Fsp3) is 0.273. The van der Waals surface area contributed by atoms with E-state index in [9.17, 15) is 4.79 Å². The molecule has 1 aliphatic heterocycles. The third-order valence-corrected chi connectivity index (χ3v) is 5.54. The summed E-state index contributed by atoms with van der Waals surface area (Å²) in [7, 11) is 1.98. The maximum Gasteiger partial charge on any atom is 0.252 e. The van der Waals surface area contributed by atoms with Crippen molar-refractivity contribution in [3.63, 3.8) is 0 Å². The lowest BCUT2D eigenvalue weighted by atomic mass is 9.92. The summed E-state index contributed by atoms with van der Waals surface area (Å²) in [4.78, 5) is 20.9. The van der Waals surface area contributed by atoms with E-state index < -0.39 is 0 Å². The first kappa shape index (κ1) is 19.8. The van der Waals surface area contributed by atoms with Gasteiger partial charge in [-0.1, -0.05) is 24.3 Å². The van der Waals surface area contributed by atoms with Gasteiger partial charge in [0.2, 0.25) is 0 Å². The number of carbonyl (C=O) groups excluding carboxylic acids is 1. The molecule has 4 N–H and O–H groups in total. The zero-order chi connectivity index (χ0) is 21.3. The van der Waals surface area contributed by atoms with Crippen molar-refractivity contribution in [2.24, 2.45) is 5.10 Å². The summed E-state index contributed by atoms with van der Waals surface area (Å²) in [6.45, 7) is 2.21. The average molecular weight is 404 g/mol. The number of nitrogen functional groups attached to an aromatic ring is 1. The van der Waals surface area contributed by atoms with Crippen LogP contribution in [0.2, 0.25) is 0 Å². The van der Waals surface area contributed by atoms with Crippen molar-refractivity contribution in [1.82, 2.24) is 20.3 Å². The molecule has 2 aromatic heterocycles. The van der Waals surface area contributed by atoms with Gasteiger partial charge in [0.05, 0.1) is 18.2 Å². The van der Waals surface area contributed by atoms with Crippen LogP contribution in [0, 0.1) is 0 Å². The number of anilines is 1. The number of nitrogens with one attached hydrogen (secondary N) is 1. The molecule has 1 aromatic carbocycles. The van der Waals surface area contributed by atoms with Gasteiger partial charge in [0.15, 0.2) is 0 Å². The molecule has 2 atom stereocenters. The Balaban J connectivity index is 1.72. The number of aliphatic hydroxyl groups is 1. The molecule has 0 saturated carbocycles. The molecule has 154 valence electrons. The molecule has 2 unspecified atom stereocenters. The zero-order valence-electron chi connectivity index (χ0n) is 16.9. The van der Waals surface area contributed by atoms with Crippen molar-refractivity contribution in [2.45, 2.75) is 18.9 Å². The lowest BCUT2D eigenvalue weighted by Crippen LogP contribution is -2.26. The first-order chi connectivity index (χ1) is 14.5. The topological polar surface area (TPSA) is 117 Å². The van der Waals surface area contributed by atoms with E-state index in [0.29, 0.717) is 22.9 Å². The molecule has 30 heavy (non-hydrogen) atoms. The molecule has 8 heteroatoms.